The topological polar surface area (TPSA) is 33.5 Å². The molecule has 0 aliphatic heterocycles. The fourth-order valence-electron chi connectivity index (χ4n) is 2.47. The predicted molar refractivity (Wildman–Crippen MR) is 86.8 cm³/mol. The molecule has 1 aromatic carbocycles. The molecule has 6 heteroatoms. The Kier molecular flexibility index (Phi) is 4.68. The molecule has 0 unspecified atom stereocenters. The number of para-hydroxylation sites is 1. The summed E-state index contributed by atoms with van der Waals surface area (Å²) in [5.74, 6) is 0. The Balaban J connectivity index is 0.00000176. The third-order valence-electron chi connectivity index (χ3n) is 4.15. The fourth-order valence-corrected chi connectivity index (χ4v) is 3.38. The summed E-state index contributed by atoms with van der Waals surface area (Å²) in [5.41, 5.74) is 4.51. The number of nitrogens with zero attached hydrogens (tertiary/aromatic N) is 4. The van der Waals surface area contributed by atoms with Gasteiger partial charge in [-0.3, -0.25) is 0 Å². The molecule has 0 fully saturated rings. The Labute approximate surface area is 140 Å². The van der Waals surface area contributed by atoms with E-state index in [4.69, 9.17) is 0 Å². The number of benzene rings is 1. The molecule has 0 spiro atoms. The van der Waals surface area contributed by atoms with E-state index in [1.54, 1.807) is 11.3 Å². The molecule has 0 amide bonds. The van der Waals surface area contributed by atoms with E-state index in [0.717, 1.165) is 21.9 Å². The molecule has 0 aliphatic carbocycles. The van der Waals surface area contributed by atoms with E-state index in [2.05, 4.69) is 65.4 Å². The van der Waals surface area contributed by atoms with Crippen LogP contribution in [0.4, 0.5) is 10.8 Å². The van der Waals surface area contributed by atoms with Crippen molar-refractivity contribution < 1.29 is 17.0 Å². The number of fused-ring (bicyclic) bond motifs is 1. The minimum Gasteiger partial charge on any atom is -1.00 e. The lowest BCUT2D eigenvalue weighted by atomic mass is 10.2. The van der Waals surface area contributed by atoms with Crippen LogP contribution in [-0.4, -0.2) is 4.57 Å². The van der Waals surface area contributed by atoms with Crippen LogP contribution in [0, 0.1) is 20.8 Å². The molecule has 0 saturated heterocycles. The van der Waals surface area contributed by atoms with Crippen LogP contribution in [0.1, 0.15) is 16.3 Å². The number of halogens is 1. The van der Waals surface area contributed by atoms with Gasteiger partial charge in [0.15, 0.2) is 0 Å². The van der Waals surface area contributed by atoms with Crippen LogP contribution in [-0.2, 0) is 14.1 Å². The lowest BCUT2D eigenvalue weighted by Gasteiger charge is -1.96. The average molecular weight is 335 g/mol. The van der Waals surface area contributed by atoms with E-state index < -0.39 is 0 Å². The summed E-state index contributed by atoms with van der Waals surface area (Å²) in [6.07, 6.45) is 0. The molecule has 2 heterocycles. The molecule has 4 nitrogen and oxygen atoms in total. The van der Waals surface area contributed by atoms with E-state index in [1.807, 2.05) is 13.1 Å². The van der Waals surface area contributed by atoms with Crippen LogP contribution in [0.3, 0.4) is 0 Å². The van der Waals surface area contributed by atoms with Gasteiger partial charge in [0.2, 0.25) is 0 Å². The van der Waals surface area contributed by atoms with E-state index >= 15 is 0 Å². The number of azo groups is 1. The molecule has 22 heavy (non-hydrogen) atoms. The summed E-state index contributed by atoms with van der Waals surface area (Å²) in [5, 5.41) is 11.1. The standard InChI is InChI=1S/C16H19N4S.ClH/c1-10-12(3)21-16(20(10)5)18-17-15-11(2)19(4)14-9-7-6-8-13(14)15;/h6-9H,1-5H3;1H/q+1;/p-1. The summed E-state index contributed by atoms with van der Waals surface area (Å²) in [6.45, 7) is 6.30. The van der Waals surface area contributed by atoms with Gasteiger partial charge in [-0.05, 0) is 43.3 Å². The van der Waals surface area contributed by atoms with Gasteiger partial charge in [-0.15, -0.1) is 0 Å². The van der Waals surface area contributed by atoms with Crippen molar-refractivity contribution in [1.82, 2.24) is 4.57 Å². The third-order valence-corrected chi connectivity index (χ3v) is 5.29. The number of hydrogen-bond donors (Lipinski definition) is 0. The van der Waals surface area contributed by atoms with Crippen LogP contribution < -0.4 is 17.0 Å². The molecule has 2 aromatic heterocycles. The number of hydrogen-bond acceptors (Lipinski definition) is 3. The van der Waals surface area contributed by atoms with Gasteiger partial charge in [-0.25, -0.2) is 4.57 Å². The van der Waals surface area contributed by atoms with Crippen molar-refractivity contribution in [1.29, 1.82) is 0 Å². The van der Waals surface area contributed by atoms with Gasteiger partial charge < -0.3 is 17.0 Å². The number of aromatic nitrogens is 2. The molecule has 3 rings (SSSR count). The fraction of sp³-hybridized carbons (Fsp3) is 0.312. The highest BCUT2D eigenvalue weighted by Crippen LogP contribution is 2.33. The third kappa shape index (κ3) is 2.55. The Hall–Kier alpha value is -1.72. The first-order chi connectivity index (χ1) is 10.0. The minimum absolute atomic E-state index is 0. The minimum atomic E-state index is 0. The van der Waals surface area contributed by atoms with Gasteiger partial charge >= 0.3 is 5.13 Å². The van der Waals surface area contributed by atoms with Gasteiger partial charge in [-0.2, -0.15) is 0 Å². The van der Waals surface area contributed by atoms with Crippen LogP contribution >= 0.6 is 11.3 Å². The van der Waals surface area contributed by atoms with E-state index in [9.17, 15) is 0 Å². The summed E-state index contributed by atoms with van der Waals surface area (Å²) in [4.78, 5) is 1.28. The summed E-state index contributed by atoms with van der Waals surface area (Å²) in [7, 11) is 4.10. The van der Waals surface area contributed by atoms with Crippen molar-refractivity contribution in [2.45, 2.75) is 20.8 Å². The highest BCUT2D eigenvalue weighted by atomic mass is 35.5. The number of thiazole rings is 1. The molecule has 3 aromatic rings. The molecule has 116 valence electrons. The zero-order chi connectivity index (χ0) is 15.1. The smallest absolute Gasteiger partial charge is 0.408 e. The summed E-state index contributed by atoms with van der Waals surface area (Å²) in [6, 6.07) is 8.30. The lowest BCUT2D eigenvalue weighted by molar-refractivity contribution is -0.660. The summed E-state index contributed by atoms with van der Waals surface area (Å²) >= 11 is 1.67. The molecule has 0 saturated carbocycles. The highest BCUT2D eigenvalue weighted by molar-refractivity contribution is 7.14. The van der Waals surface area contributed by atoms with Gasteiger partial charge in [0.25, 0.3) is 0 Å². The van der Waals surface area contributed by atoms with Crippen molar-refractivity contribution in [2.75, 3.05) is 0 Å². The zero-order valence-electron chi connectivity index (χ0n) is 13.4. The van der Waals surface area contributed by atoms with Gasteiger partial charge in [0.1, 0.15) is 11.4 Å². The van der Waals surface area contributed by atoms with Crippen molar-refractivity contribution in [3.63, 3.8) is 0 Å². The molecule has 0 N–H and O–H groups in total. The lowest BCUT2D eigenvalue weighted by Crippen LogP contribution is -3.00. The number of aryl methyl sites for hydroxylation is 2. The largest absolute Gasteiger partial charge is 1.00 e. The van der Waals surface area contributed by atoms with Gasteiger partial charge in [-0.1, -0.05) is 18.2 Å². The maximum absolute atomic E-state index is 4.53. The van der Waals surface area contributed by atoms with Crippen LogP contribution in [0.5, 0.6) is 0 Å². The Bertz CT molecular complexity index is 861. The van der Waals surface area contributed by atoms with Crippen LogP contribution in [0.15, 0.2) is 34.5 Å². The van der Waals surface area contributed by atoms with Crippen LogP contribution in [0.25, 0.3) is 10.9 Å². The highest BCUT2D eigenvalue weighted by Gasteiger charge is 2.18. The second kappa shape index (κ2) is 6.18. The first-order valence-electron chi connectivity index (χ1n) is 6.92. The maximum Gasteiger partial charge on any atom is 0.408 e. The second-order valence-corrected chi connectivity index (χ2v) is 6.48. The van der Waals surface area contributed by atoms with E-state index in [1.165, 1.54) is 16.1 Å². The predicted octanol–water partition coefficient (Wildman–Crippen LogP) is 1.41. The van der Waals surface area contributed by atoms with Crippen molar-refractivity contribution in [2.24, 2.45) is 24.3 Å². The second-order valence-electron chi connectivity index (χ2n) is 5.30. The first-order valence-corrected chi connectivity index (χ1v) is 7.74. The maximum atomic E-state index is 4.53. The van der Waals surface area contributed by atoms with Crippen LogP contribution in [0.2, 0.25) is 0 Å². The first kappa shape index (κ1) is 16.6. The molecular formula is C16H19ClN4S. The monoisotopic (exact) mass is 334 g/mol. The Morgan fingerprint density at radius 3 is 2.41 bits per heavy atom. The zero-order valence-corrected chi connectivity index (χ0v) is 15.0. The molecule has 0 aliphatic rings. The quantitative estimate of drug-likeness (QED) is 0.501. The SMILES string of the molecule is Cc1sc(N=Nc2c(C)n(C)c3ccccc23)[n+](C)c1C.[Cl-]. The molecule has 0 bridgehead atoms. The summed E-state index contributed by atoms with van der Waals surface area (Å²) < 4.78 is 4.25. The van der Waals surface area contributed by atoms with Crippen molar-refractivity contribution in [3.8, 4) is 0 Å². The van der Waals surface area contributed by atoms with Crippen molar-refractivity contribution in [3.05, 3.63) is 40.5 Å². The molecule has 0 radical (unpaired) electrons. The Morgan fingerprint density at radius 2 is 1.77 bits per heavy atom. The molecule has 0 atom stereocenters. The van der Waals surface area contributed by atoms with E-state index in [-0.39, 0.29) is 12.4 Å². The Morgan fingerprint density at radius 1 is 1.09 bits per heavy atom. The number of rotatable bonds is 2. The average Bonchev–Trinajstić information content (AvgIpc) is 2.87. The normalized spacial score (nSPS) is 11.3. The van der Waals surface area contributed by atoms with Crippen molar-refractivity contribution >= 4 is 33.1 Å². The van der Waals surface area contributed by atoms with E-state index in [0.29, 0.717) is 0 Å². The van der Waals surface area contributed by atoms with Gasteiger partial charge in [0.05, 0.1) is 22.6 Å². The van der Waals surface area contributed by atoms with Gasteiger partial charge in [0, 0.05) is 18.1 Å². The molecular weight excluding hydrogens is 316 g/mol.